The third kappa shape index (κ3) is 2.35. The van der Waals surface area contributed by atoms with E-state index in [1.54, 1.807) is 0 Å². The molecule has 4 heteroatoms. The van der Waals surface area contributed by atoms with Crippen LogP contribution in [0.25, 0.3) is 0 Å². The van der Waals surface area contributed by atoms with Crippen LogP contribution in [-0.4, -0.2) is 24.5 Å². The Balaban J connectivity index is 1.59. The zero-order valence-electron chi connectivity index (χ0n) is 10.1. The highest BCUT2D eigenvalue weighted by molar-refractivity contribution is 5.45. The molecule has 1 heterocycles. The number of rotatable bonds is 4. The number of aliphatic hydroxyl groups excluding tert-OH is 1. The van der Waals surface area contributed by atoms with E-state index >= 15 is 0 Å². The van der Waals surface area contributed by atoms with Gasteiger partial charge in [-0.2, -0.15) is 0 Å². The summed E-state index contributed by atoms with van der Waals surface area (Å²) in [6.07, 6.45) is 5.93. The highest BCUT2D eigenvalue weighted by Gasteiger charge is 2.17. The van der Waals surface area contributed by atoms with Gasteiger partial charge in [0.25, 0.3) is 0 Å². The molecular weight excluding hydrogens is 230 g/mol. The number of ether oxygens (including phenoxy) is 2. The first-order chi connectivity index (χ1) is 8.83. The molecule has 0 fully saturated rings. The van der Waals surface area contributed by atoms with Crippen LogP contribution in [0.1, 0.15) is 24.5 Å². The third-order valence-corrected chi connectivity index (χ3v) is 3.39. The molecular formula is C14H17NO3. The molecule has 0 saturated heterocycles. The summed E-state index contributed by atoms with van der Waals surface area (Å²) >= 11 is 0. The van der Waals surface area contributed by atoms with Crippen LogP contribution < -0.4 is 14.8 Å². The lowest BCUT2D eigenvalue weighted by molar-refractivity contribution is 0.167. The summed E-state index contributed by atoms with van der Waals surface area (Å²) in [7, 11) is 0. The first-order valence-electron chi connectivity index (χ1n) is 6.29. The van der Waals surface area contributed by atoms with Gasteiger partial charge in [-0.15, -0.1) is 0 Å². The van der Waals surface area contributed by atoms with Gasteiger partial charge < -0.3 is 19.9 Å². The van der Waals surface area contributed by atoms with Crippen molar-refractivity contribution in [2.75, 3.05) is 13.3 Å². The average molecular weight is 247 g/mol. The van der Waals surface area contributed by atoms with Crippen LogP contribution in [0.3, 0.4) is 0 Å². The molecule has 1 atom stereocenters. The summed E-state index contributed by atoms with van der Waals surface area (Å²) in [5.74, 6) is 1.47. The van der Waals surface area contributed by atoms with E-state index in [9.17, 15) is 5.11 Å². The van der Waals surface area contributed by atoms with Crippen LogP contribution in [0.4, 0.5) is 0 Å². The van der Waals surface area contributed by atoms with Gasteiger partial charge >= 0.3 is 0 Å². The molecule has 0 bridgehead atoms. The van der Waals surface area contributed by atoms with E-state index in [1.807, 2.05) is 18.2 Å². The molecule has 18 heavy (non-hydrogen) atoms. The van der Waals surface area contributed by atoms with Gasteiger partial charge in [-0.1, -0.05) is 18.2 Å². The lowest BCUT2D eigenvalue weighted by Crippen LogP contribution is -2.30. The van der Waals surface area contributed by atoms with Gasteiger partial charge in [-0.05, 0) is 30.5 Å². The molecule has 1 aliphatic carbocycles. The second-order valence-electron chi connectivity index (χ2n) is 4.68. The summed E-state index contributed by atoms with van der Waals surface area (Å²) in [6.45, 7) is 0.826. The number of hydrogen-bond donors (Lipinski definition) is 2. The molecule has 0 saturated carbocycles. The Morgan fingerprint density at radius 3 is 2.83 bits per heavy atom. The molecule has 1 aromatic carbocycles. The number of fused-ring (bicyclic) bond motifs is 1. The van der Waals surface area contributed by atoms with Crippen molar-refractivity contribution in [1.82, 2.24) is 5.32 Å². The zero-order chi connectivity index (χ0) is 12.4. The van der Waals surface area contributed by atoms with Crippen LogP contribution in [0.5, 0.6) is 11.5 Å². The average Bonchev–Trinajstić information content (AvgIpc) is 3.05. The van der Waals surface area contributed by atoms with Gasteiger partial charge in [-0.3, -0.25) is 0 Å². The Labute approximate surface area is 106 Å². The Hall–Kier alpha value is -1.52. The molecule has 0 spiro atoms. The van der Waals surface area contributed by atoms with E-state index in [2.05, 4.69) is 17.5 Å². The van der Waals surface area contributed by atoms with Gasteiger partial charge in [-0.25, -0.2) is 0 Å². The second-order valence-corrected chi connectivity index (χ2v) is 4.68. The van der Waals surface area contributed by atoms with Crippen molar-refractivity contribution in [3.05, 3.63) is 35.9 Å². The predicted molar refractivity (Wildman–Crippen MR) is 67.7 cm³/mol. The molecule has 96 valence electrons. The van der Waals surface area contributed by atoms with Crippen LogP contribution in [0, 0.1) is 0 Å². The fraction of sp³-hybridized carbons (Fsp3) is 0.429. The van der Waals surface area contributed by atoms with Crippen LogP contribution in [-0.2, 0) is 0 Å². The van der Waals surface area contributed by atoms with Crippen LogP contribution in [0.2, 0.25) is 0 Å². The maximum Gasteiger partial charge on any atom is 0.231 e. The van der Waals surface area contributed by atoms with Crippen LogP contribution in [0.15, 0.2) is 30.4 Å². The number of nitrogens with one attached hydrogen (secondary N) is 1. The van der Waals surface area contributed by atoms with E-state index in [0.29, 0.717) is 18.3 Å². The standard InChI is InChI=1S/C14H17NO3/c16-12(8-15-11-3-1-2-4-11)10-5-6-13-14(7-10)18-9-17-13/h1-2,5-7,11-12,15-16H,3-4,8-9H2. The molecule has 0 radical (unpaired) electrons. The minimum absolute atomic E-state index is 0.265. The quantitative estimate of drug-likeness (QED) is 0.796. The Bertz CT molecular complexity index is 450. The topological polar surface area (TPSA) is 50.7 Å². The fourth-order valence-electron chi connectivity index (χ4n) is 2.30. The normalized spacial score (nSPS) is 19.4. The van der Waals surface area contributed by atoms with Gasteiger partial charge in [0, 0.05) is 12.6 Å². The number of benzene rings is 1. The van der Waals surface area contributed by atoms with E-state index in [4.69, 9.17) is 9.47 Å². The Morgan fingerprint density at radius 2 is 2.00 bits per heavy atom. The monoisotopic (exact) mass is 247 g/mol. The molecule has 2 N–H and O–H groups in total. The molecule has 1 aromatic rings. The zero-order valence-corrected chi connectivity index (χ0v) is 10.1. The smallest absolute Gasteiger partial charge is 0.231 e. The Kier molecular flexibility index (Phi) is 3.21. The number of hydrogen-bond acceptors (Lipinski definition) is 4. The van der Waals surface area contributed by atoms with Gasteiger partial charge in [0.2, 0.25) is 6.79 Å². The van der Waals surface area contributed by atoms with Crippen molar-refractivity contribution in [1.29, 1.82) is 0 Å². The Morgan fingerprint density at radius 1 is 1.22 bits per heavy atom. The largest absolute Gasteiger partial charge is 0.454 e. The maximum absolute atomic E-state index is 10.1. The molecule has 3 rings (SSSR count). The predicted octanol–water partition coefficient (Wildman–Crippen LogP) is 1.76. The first kappa shape index (κ1) is 11.6. The first-order valence-corrected chi connectivity index (χ1v) is 6.29. The summed E-state index contributed by atoms with van der Waals surface area (Å²) in [5, 5.41) is 13.5. The van der Waals surface area contributed by atoms with E-state index in [0.717, 1.165) is 24.2 Å². The van der Waals surface area contributed by atoms with Crippen molar-refractivity contribution in [3.8, 4) is 11.5 Å². The lowest BCUT2D eigenvalue weighted by atomic mass is 10.1. The molecule has 1 unspecified atom stereocenters. The van der Waals surface area contributed by atoms with Gasteiger partial charge in [0.15, 0.2) is 11.5 Å². The van der Waals surface area contributed by atoms with Gasteiger partial charge in [0.1, 0.15) is 0 Å². The van der Waals surface area contributed by atoms with Crippen molar-refractivity contribution >= 4 is 0 Å². The van der Waals surface area contributed by atoms with E-state index in [1.165, 1.54) is 0 Å². The minimum Gasteiger partial charge on any atom is -0.454 e. The van der Waals surface area contributed by atoms with Crippen LogP contribution >= 0.6 is 0 Å². The lowest BCUT2D eigenvalue weighted by Gasteiger charge is -2.16. The number of aliphatic hydroxyl groups is 1. The molecule has 2 aliphatic rings. The third-order valence-electron chi connectivity index (χ3n) is 3.39. The summed E-state index contributed by atoms with van der Waals surface area (Å²) in [4.78, 5) is 0. The summed E-state index contributed by atoms with van der Waals surface area (Å²) < 4.78 is 10.6. The molecule has 4 nitrogen and oxygen atoms in total. The van der Waals surface area contributed by atoms with E-state index in [-0.39, 0.29) is 6.79 Å². The molecule has 0 aromatic heterocycles. The highest BCUT2D eigenvalue weighted by atomic mass is 16.7. The fourth-order valence-corrected chi connectivity index (χ4v) is 2.30. The second kappa shape index (κ2) is 5.00. The summed E-state index contributed by atoms with van der Waals surface area (Å²) in [5.41, 5.74) is 0.859. The van der Waals surface area contributed by atoms with Crippen molar-refractivity contribution in [2.24, 2.45) is 0 Å². The highest BCUT2D eigenvalue weighted by Crippen LogP contribution is 2.34. The minimum atomic E-state index is -0.514. The summed E-state index contributed by atoms with van der Waals surface area (Å²) in [6, 6.07) is 6.04. The van der Waals surface area contributed by atoms with Gasteiger partial charge in [0.05, 0.1) is 6.10 Å². The van der Waals surface area contributed by atoms with Crippen molar-refractivity contribution in [2.45, 2.75) is 25.0 Å². The van der Waals surface area contributed by atoms with Crippen molar-refractivity contribution < 1.29 is 14.6 Å². The van der Waals surface area contributed by atoms with Crippen molar-refractivity contribution in [3.63, 3.8) is 0 Å². The SMILES string of the molecule is OC(CNC1CC=CC1)c1ccc2c(c1)OCO2. The molecule has 1 aliphatic heterocycles. The maximum atomic E-state index is 10.1. The molecule has 0 amide bonds. The van der Waals surface area contributed by atoms with E-state index < -0.39 is 6.10 Å².